The van der Waals surface area contributed by atoms with Crippen LogP contribution in [0, 0.1) is 12.7 Å². The number of nitrogens with one attached hydrogen (secondary N) is 1. The van der Waals surface area contributed by atoms with E-state index in [4.69, 9.17) is 0 Å². The highest BCUT2D eigenvalue weighted by Gasteiger charge is 2.23. The smallest absolute Gasteiger partial charge is 0.221 e. The molecule has 1 N–H and O–H groups in total. The third-order valence-corrected chi connectivity index (χ3v) is 5.32. The Morgan fingerprint density at radius 1 is 1.11 bits per heavy atom. The Bertz CT molecular complexity index is 1040. The van der Waals surface area contributed by atoms with Gasteiger partial charge in [-0.15, -0.1) is 0 Å². The van der Waals surface area contributed by atoms with Gasteiger partial charge in [0.2, 0.25) is 5.91 Å². The minimum Gasteiger partial charge on any atom is -0.325 e. The van der Waals surface area contributed by atoms with E-state index in [0.29, 0.717) is 11.4 Å². The lowest BCUT2D eigenvalue weighted by Crippen LogP contribution is -2.21. The topological polar surface area (TPSA) is 37.3 Å². The van der Waals surface area contributed by atoms with Crippen LogP contribution in [0.1, 0.15) is 23.7 Å². The molecular formula is C22H24FN3O. The van der Waals surface area contributed by atoms with E-state index in [2.05, 4.69) is 47.0 Å². The van der Waals surface area contributed by atoms with E-state index in [1.165, 1.54) is 41.3 Å². The van der Waals surface area contributed by atoms with Gasteiger partial charge in [0.15, 0.2) is 0 Å². The monoisotopic (exact) mass is 365 g/mol. The van der Waals surface area contributed by atoms with Crippen LogP contribution in [0.2, 0.25) is 0 Å². The number of nitrogens with zero attached hydrogens (tertiary/aromatic N) is 2. The maximum Gasteiger partial charge on any atom is 0.221 e. The zero-order valence-electron chi connectivity index (χ0n) is 16.0. The van der Waals surface area contributed by atoms with Crippen molar-refractivity contribution in [2.75, 3.05) is 25.5 Å². The second-order valence-electron chi connectivity index (χ2n) is 7.43. The second kappa shape index (κ2) is 6.82. The van der Waals surface area contributed by atoms with Crippen LogP contribution in [0.25, 0.3) is 16.6 Å². The molecule has 0 bridgehead atoms. The largest absolute Gasteiger partial charge is 0.325 e. The number of hydrogen-bond donors (Lipinski definition) is 1. The standard InChI is InChI=1S/C22H24FN3O/c1-14-4-7-20-18(12-14)17-8-10-25(3)11-9-21(17)26(20)22-13-16(23)5-6-19(22)24-15(2)27/h4-7,12-13H,8-11H2,1-3H3,(H,24,27). The lowest BCUT2D eigenvalue weighted by Gasteiger charge is -2.17. The molecule has 140 valence electrons. The van der Waals surface area contributed by atoms with E-state index in [1.807, 2.05) is 0 Å². The van der Waals surface area contributed by atoms with Crippen LogP contribution in [0.5, 0.6) is 0 Å². The van der Waals surface area contributed by atoms with Gasteiger partial charge in [-0.25, -0.2) is 4.39 Å². The molecule has 27 heavy (non-hydrogen) atoms. The van der Waals surface area contributed by atoms with Crippen molar-refractivity contribution in [1.82, 2.24) is 9.47 Å². The van der Waals surface area contributed by atoms with Gasteiger partial charge in [0.05, 0.1) is 16.9 Å². The van der Waals surface area contributed by atoms with Gasteiger partial charge in [0, 0.05) is 37.5 Å². The first-order valence-corrected chi connectivity index (χ1v) is 9.33. The number of halogens is 1. The van der Waals surface area contributed by atoms with E-state index in [1.54, 1.807) is 6.07 Å². The van der Waals surface area contributed by atoms with Crippen molar-refractivity contribution in [2.45, 2.75) is 26.7 Å². The molecule has 1 amide bonds. The van der Waals surface area contributed by atoms with Gasteiger partial charge in [-0.2, -0.15) is 0 Å². The first-order chi connectivity index (χ1) is 12.9. The number of hydrogen-bond acceptors (Lipinski definition) is 2. The Morgan fingerprint density at radius 2 is 1.89 bits per heavy atom. The first kappa shape index (κ1) is 17.7. The van der Waals surface area contributed by atoms with Crippen LogP contribution in [0.4, 0.5) is 10.1 Å². The summed E-state index contributed by atoms with van der Waals surface area (Å²) in [5.41, 5.74) is 6.12. The van der Waals surface area contributed by atoms with Gasteiger partial charge in [0.25, 0.3) is 0 Å². The number of carbonyl (C=O) groups excluding carboxylic acids is 1. The number of aryl methyl sites for hydroxylation is 1. The number of carbonyl (C=O) groups is 1. The summed E-state index contributed by atoms with van der Waals surface area (Å²) < 4.78 is 16.3. The fourth-order valence-electron chi connectivity index (χ4n) is 4.04. The molecule has 0 saturated heterocycles. The zero-order valence-corrected chi connectivity index (χ0v) is 16.0. The molecule has 2 heterocycles. The van der Waals surface area contributed by atoms with Crippen molar-refractivity contribution in [1.29, 1.82) is 0 Å². The van der Waals surface area contributed by atoms with Crippen molar-refractivity contribution in [3.05, 3.63) is 59.0 Å². The Balaban J connectivity index is 2.03. The van der Waals surface area contributed by atoms with Crippen molar-refractivity contribution in [3.63, 3.8) is 0 Å². The molecule has 0 aliphatic carbocycles. The summed E-state index contributed by atoms with van der Waals surface area (Å²) in [6.45, 7) is 5.52. The van der Waals surface area contributed by atoms with Crippen molar-refractivity contribution in [2.24, 2.45) is 0 Å². The van der Waals surface area contributed by atoms with E-state index < -0.39 is 0 Å². The minimum absolute atomic E-state index is 0.166. The molecule has 0 spiro atoms. The third-order valence-electron chi connectivity index (χ3n) is 5.32. The molecule has 0 radical (unpaired) electrons. The fraction of sp³-hybridized carbons (Fsp3) is 0.318. The highest BCUT2D eigenvalue weighted by molar-refractivity contribution is 5.94. The van der Waals surface area contributed by atoms with Crippen molar-refractivity contribution < 1.29 is 9.18 Å². The summed E-state index contributed by atoms with van der Waals surface area (Å²) in [6, 6.07) is 10.9. The van der Waals surface area contributed by atoms with Gasteiger partial charge in [-0.1, -0.05) is 11.6 Å². The summed E-state index contributed by atoms with van der Waals surface area (Å²) in [6.07, 6.45) is 1.85. The van der Waals surface area contributed by atoms with Crippen LogP contribution >= 0.6 is 0 Å². The fourth-order valence-corrected chi connectivity index (χ4v) is 4.04. The first-order valence-electron chi connectivity index (χ1n) is 9.33. The van der Waals surface area contributed by atoms with Crippen LogP contribution in [-0.2, 0) is 17.6 Å². The molecule has 0 atom stereocenters. The average molecular weight is 365 g/mol. The number of benzene rings is 2. The number of anilines is 1. The quantitative estimate of drug-likeness (QED) is 0.743. The van der Waals surface area contributed by atoms with Gasteiger partial charge < -0.3 is 14.8 Å². The Labute approximate surface area is 158 Å². The lowest BCUT2D eigenvalue weighted by molar-refractivity contribution is -0.114. The summed E-state index contributed by atoms with van der Waals surface area (Å²) >= 11 is 0. The predicted molar refractivity (Wildman–Crippen MR) is 107 cm³/mol. The predicted octanol–water partition coefficient (Wildman–Crippen LogP) is 4.07. The minimum atomic E-state index is -0.312. The Morgan fingerprint density at radius 3 is 2.67 bits per heavy atom. The lowest BCUT2D eigenvalue weighted by atomic mass is 10.1. The van der Waals surface area contributed by atoms with E-state index >= 15 is 0 Å². The number of amides is 1. The van der Waals surface area contributed by atoms with Crippen LogP contribution < -0.4 is 5.32 Å². The number of fused-ring (bicyclic) bond motifs is 3. The molecule has 0 unspecified atom stereocenters. The molecule has 4 nitrogen and oxygen atoms in total. The number of likely N-dealkylation sites (N-methyl/N-ethyl adjacent to an activating group) is 1. The average Bonchev–Trinajstić information content (AvgIpc) is 2.78. The van der Waals surface area contributed by atoms with Crippen LogP contribution in [-0.4, -0.2) is 35.5 Å². The van der Waals surface area contributed by atoms with Gasteiger partial charge >= 0.3 is 0 Å². The van der Waals surface area contributed by atoms with E-state index in [9.17, 15) is 9.18 Å². The summed E-state index contributed by atoms with van der Waals surface area (Å²) in [4.78, 5) is 14.0. The van der Waals surface area contributed by atoms with E-state index in [0.717, 1.165) is 31.4 Å². The van der Waals surface area contributed by atoms with Crippen molar-refractivity contribution >= 4 is 22.5 Å². The molecule has 1 aromatic heterocycles. The third kappa shape index (κ3) is 3.23. The SMILES string of the molecule is CC(=O)Nc1ccc(F)cc1-n1c2c(c3cc(C)ccc31)CCN(C)CC2. The summed E-state index contributed by atoms with van der Waals surface area (Å²) in [5.74, 6) is -0.478. The molecule has 2 aromatic carbocycles. The van der Waals surface area contributed by atoms with Gasteiger partial charge in [0.1, 0.15) is 5.82 Å². The summed E-state index contributed by atoms with van der Waals surface area (Å²) in [7, 11) is 2.13. The number of rotatable bonds is 2. The highest BCUT2D eigenvalue weighted by Crippen LogP contribution is 2.35. The van der Waals surface area contributed by atoms with E-state index in [-0.39, 0.29) is 11.7 Å². The summed E-state index contributed by atoms with van der Waals surface area (Å²) in [5, 5.41) is 4.08. The van der Waals surface area contributed by atoms with Gasteiger partial charge in [-0.05, 0) is 56.3 Å². The van der Waals surface area contributed by atoms with Crippen LogP contribution in [0.3, 0.4) is 0 Å². The zero-order chi connectivity index (χ0) is 19.1. The Hall–Kier alpha value is -2.66. The van der Waals surface area contributed by atoms with Gasteiger partial charge in [-0.3, -0.25) is 4.79 Å². The van der Waals surface area contributed by atoms with Crippen molar-refractivity contribution in [3.8, 4) is 5.69 Å². The van der Waals surface area contributed by atoms with Crippen LogP contribution in [0.15, 0.2) is 36.4 Å². The maximum atomic E-state index is 14.2. The maximum absolute atomic E-state index is 14.2. The molecule has 4 rings (SSSR count). The molecule has 1 aliphatic rings. The molecule has 3 aromatic rings. The highest BCUT2D eigenvalue weighted by atomic mass is 19.1. The normalized spacial score (nSPS) is 14.8. The molecule has 0 saturated carbocycles. The molecule has 1 aliphatic heterocycles. The second-order valence-corrected chi connectivity index (χ2v) is 7.43. The molecule has 0 fully saturated rings. The molecule has 5 heteroatoms. The molecular weight excluding hydrogens is 341 g/mol. The Kier molecular flexibility index (Phi) is 4.48. The number of aromatic nitrogens is 1.